The molecule has 1 aliphatic rings. The second-order valence-electron chi connectivity index (χ2n) is 23.5. The Bertz CT molecular complexity index is 4300. The van der Waals surface area contributed by atoms with Crippen LogP contribution < -0.4 is 0 Å². The predicted molar refractivity (Wildman–Crippen MR) is 354 cm³/mol. The molecule has 0 saturated heterocycles. The van der Waals surface area contributed by atoms with Crippen LogP contribution in [0.15, 0.2) is 194 Å². The van der Waals surface area contributed by atoms with Crippen LogP contribution >= 0.6 is 0 Å². The molecule has 0 amide bonds. The van der Waals surface area contributed by atoms with Crippen LogP contribution in [0, 0.1) is 0 Å². The first-order valence-electron chi connectivity index (χ1n) is 31.2. The van der Waals surface area contributed by atoms with Crippen LogP contribution in [0.3, 0.4) is 0 Å². The lowest BCUT2D eigenvalue weighted by Crippen LogP contribution is -2.25. The van der Waals surface area contributed by atoms with E-state index in [1.54, 1.807) is 11.1 Å². The van der Waals surface area contributed by atoms with Crippen LogP contribution in [0.1, 0.15) is 139 Å². The van der Waals surface area contributed by atoms with Crippen molar-refractivity contribution >= 4 is 64.6 Å². The standard InChI is InChI=1S/C81H78/c1-7-13-15-33-47-81(48-34-16-14-8-2)71-51-66-62-44-30-32-46-64(62)77-57(9-3)73(53-35-21-17-22-36-53)75(55-39-25-19-26-40-55)59(11-5)79(77)69(66)50-68(71)67-49-65-61-43-29-31-45-63(61)78-58(10-4)74(54-37-23-18-24-38-54)76(56-41-27-20-28-42-56)60(12-6)80(78)70(65)52-72(67)81/h17-32,35-46,49-52H,7-16,33-34,47-48H2,1-6H3. The van der Waals surface area contributed by atoms with Crippen molar-refractivity contribution in [2.45, 2.75) is 137 Å². The molecular formula is C81H78. The highest BCUT2D eigenvalue weighted by Crippen LogP contribution is 2.60. The highest BCUT2D eigenvalue weighted by Gasteiger charge is 2.44. The molecule has 0 heteroatoms. The number of aryl methyl sites for hydroxylation is 4. The summed E-state index contributed by atoms with van der Waals surface area (Å²) in [5, 5.41) is 16.8. The summed E-state index contributed by atoms with van der Waals surface area (Å²) in [6, 6.07) is 75.3. The average molecular weight is 1050 g/mol. The van der Waals surface area contributed by atoms with Gasteiger partial charge in [0.15, 0.2) is 0 Å². The summed E-state index contributed by atoms with van der Waals surface area (Å²) < 4.78 is 0. The molecule has 0 nitrogen and oxygen atoms in total. The topological polar surface area (TPSA) is 0 Å². The number of benzene rings is 12. The van der Waals surface area contributed by atoms with Crippen molar-refractivity contribution in [1.82, 2.24) is 0 Å². The lowest BCUT2D eigenvalue weighted by atomic mass is 9.69. The van der Waals surface area contributed by atoms with Crippen LogP contribution in [-0.4, -0.2) is 0 Å². The SMILES string of the molecule is CCCCCCC1(CCCCCC)c2cc3c4ccccc4c4c(CC)c(-c5ccccc5)c(-c5ccccc5)c(CC)c4c3cc2-c2cc3c4ccccc4c4c(CC)c(-c5ccccc5)c(-c5ccccc5)c(CC)c4c3cc21. The summed E-state index contributed by atoms with van der Waals surface area (Å²) in [5.41, 5.74) is 22.4. The van der Waals surface area contributed by atoms with Gasteiger partial charge in [0.05, 0.1) is 0 Å². The van der Waals surface area contributed by atoms with E-state index in [9.17, 15) is 0 Å². The van der Waals surface area contributed by atoms with Gasteiger partial charge in [-0.1, -0.05) is 263 Å². The molecule has 0 unspecified atom stereocenters. The van der Waals surface area contributed by atoms with E-state index in [1.165, 1.54) is 194 Å². The fraction of sp³-hybridized carbons (Fsp3) is 0.259. The first-order chi connectivity index (χ1) is 40.0. The van der Waals surface area contributed by atoms with E-state index in [0.717, 1.165) is 38.5 Å². The van der Waals surface area contributed by atoms with E-state index >= 15 is 0 Å². The Labute approximate surface area is 481 Å². The molecule has 12 aromatic rings. The molecule has 0 heterocycles. The van der Waals surface area contributed by atoms with Crippen LogP contribution in [0.25, 0.3) is 120 Å². The van der Waals surface area contributed by atoms with Gasteiger partial charge in [-0.15, -0.1) is 0 Å². The maximum atomic E-state index is 2.81. The summed E-state index contributed by atoms with van der Waals surface area (Å²) >= 11 is 0. The highest BCUT2D eigenvalue weighted by atomic mass is 14.5. The van der Waals surface area contributed by atoms with Crippen molar-refractivity contribution in [3.05, 3.63) is 228 Å². The van der Waals surface area contributed by atoms with E-state index in [0.29, 0.717) is 0 Å². The van der Waals surface area contributed by atoms with Crippen molar-refractivity contribution in [1.29, 1.82) is 0 Å². The summed E-state index contributed by atoms with van der Waals surface area (Å²) in [7, 11) is 0. The minimum absolute atomic E-state index is 0.150. The molecule has 1 aliphatic carbocycles. The molecule has 0 fully saturated rings. The molecule has 81 heavy (non-hydrogen) atoms. The number of fused-ring (bicyclic) bond motifs is 15. The smallest absolute Gasteiger partial charge is 0.0215 e. The largest absolute Gasteiger partial charge is 0.0654 e. The van der Waals surface area contributed by atoms with Gasteiger partial charge in [0.2, 0.25) is 0 Å². The van der Waals surface area contributed by atoms with E-state index in [4.69, 9.17) is 0 Å². The van der Waals surface area contributed by atoms with Crippen LogP contribution in [0.2, 0.25) is 0 Å². The van der Waals surface area contributed by atoms with Gasteiger partial charge in [0, 0.05) is 5.41 Å². The number of unbranched alkanes of at least 4 members (excludes halogenated alkanes) is 6. The second kappa shape index (κ2) is 22.3. The van der Waals surface area contributed by atoms with Gasteiger partial charge in [-0.2, -0.15) is 0 Å². The molecule has 0 saturated carbocycles. The predicted octanol–water partition coefficient (Wildman–Crippen LogP) is 23.7. The fourth-order valence-electron chi connectivity index (χ4n) is 15.7. The second-order valence-corrected chi connectivity index (χ2v) is 23.5. The number of hydrogen-bond donors (Lipinski definition) is 0. The monoisotopic (exact) mass is 1050 g/mol. The average Bonchev–Trinajstić information content (AvgIpc) is 3.25. The van der Waals surface area contributed by atoms with Gasteiger partial charge >= 0.3 is 0 Å². The zero-order valence-electron chi connectivity index (χ0n) is 48.9. The van der Waals surface area contributed by atoms with E-state index in [2.05, 4.69) is 236 Å². The first-order valence-corrected chi connectivity index (χ1v) is 31.2. The van der Waals surface area contributed by atoms with Gasteiger partial charge in [-0.25, -0.2) is 0 Å². The summed E-state index contributed by atoms with van der Waals surface area (Å²) in [4.78, 5) is 0. The molecule has 0 atom stereocenters. The molecule has 402 valence electrons. The van der Waals surface area contributed by atoms with Crippen molar-refractivity contribution in [3.8, 4) is 55.6 Å². The van der Waals surface area contributed by atoms with E-state index in [1.807, 2.05) is 0 Å². The molecule has 0 spiro atoms. The lowest BCUT2D eigenvalue weighted by Gasteiger charge is -2.34. The summed E-state index contributed by atoms with van der Waals surface area (Å²) in [5.74, 6) is 0. The van der Waals surface area contributed by atoms with Crippen LogP contribution in [0.4, 0.5) is 0 Å². The van der Waals surface area contributed by atoms with Crippen molar-refractivity contribution < 1.29 is 0 Å². The molecule has 13 rings (SSSR count). The van der Waals surface area contributed by atoms with E-state index in [-0.39, 0.29) is 5.41 Å². The third-order valence-electron chi connectivity index (χ3n) is 19.1. The van der Waals surface area contributed by atoms with Crippen molar-refractivity contribution in [3.63, 3.8) is 0 Å². The Morgan fingerprint density at radius 1 is 0.259 bits per heavy atom. The first kappa shape index (κ1) is 52.6. The highest BCUT2D eigenvalue weighted by molar-refractivity contribution is 6.32. The zero-order chi connectivity index (χ0) is 55.2. The Morgan fingerprint density at radius 2 is 0.543 bits per heavy atom. The molecule has 12 aromatic carbocycles. The third-order valence-corrected chi connectivity index (χ3v) is 19.1. The summed E-state index contributed by atoms with van der Waals surface area (Å²) in [6.07, 6.45) is 16.0. The Balaban J connectivity index is 1.22. The minimum atomic E-state index is -0.150. The molecule has 0 radical (unpaired) electrons. The summed E-state index contributed by atoms with van der Waals surface area (Å²) in [6.45, 7) is 14.3. The van der Waals surface area contributed by atoms with Crippen LogP contribution in [-0.2, 0) is 31.1 Å². The molecule has 0 aromatic heterocycles. The molecular weight excluding hydrogens is 973 g/mol. The Kier molecular flexibility index (Phi) is 14.5. The van der Waals surface area contributed by atoms with Gasteiger partial charge < -0.3 is 0 Å². The van der Waals surface area contributed by atoms with Crippen molar-refractivity contribution in [2.24, 2.45) is 0 Å². The Hall–Kier alpha value is -7.80. The van der Waals surface area contributed by atoms with Gasteiger partial charge in [0.1, 0.15) is 0 Å². The minimum Gasteiger partial charge on any atom is -0.0654 e. The fourth-order valence-corrected chi connectivity index (χ4v) is 15.7. The number of rotatable bonds is 18. The molecule has 0 bridgehead atoms. The van der Waals surface area contributed by atoms with Gasteiger partial charge in [0.25, 0.3) is 0 Å². The van der Waals surface area contributed by atoms with Gasteiger partial charge in [-0.3, -0.25) is 0 Å². The Morgan fingerprint density at radius 3 is 0.889 bits per heavy atom. The van der Waals surface area contributed by atoms with Crippen LogP contribution in [0.5, 0.6) is 0 Å². The maximum Gasteiger partial charge on any atom is 0.0215 e. The van der Waals surface area contributed by atoms with Gasteiger partial charge in [-0.05, 0) is 216 Å². The quantitative estimate of drug-likeness (QED) is 0.0593. The lowest BCUT2D eigenvalue weighted by molar-refractivity contribution is 0.401. The third kappa shape index (κ3) is 8.53. The van der Waals surface area contributed by atoms with Crippen molar-refractivity contribution in [2.75, 3.05) is 0 Å². The van der Waals surface area contributed by atoms with E-state index < -0.39 is 0 Å². The normalized spacial score (nSPS) is 12.9. The molecule has 0 aliphatic heterocycles. The maximum absolute atomic E-state index is 2.81. The zero-order valence-corrected chi connectivity index (χ0v) is 48.9. The number of hydrogen-bond acceptors (Lipinski definition) is 0. The molecule has 0 N–H and O–H groups in total.